The summed E-state index contributed by atoms with van der Waals surface area (Å²) < 4.78 is 0. The SMILES string of the molecule is CC(NC1CCC(=O)NC1=O)c1cscn1. The van der Waals surface area contributed by atoms with Crippen molar-refractivity contribution in [2.24, 2.45) is 0 Å². The van der Waals surface area contributed by atoms with Crippen molar-refractivity contribution in [3.63, 3.8) is 0 Å². The third kappa shape index (κ3) is 2.45. The van der Waals surface area contributed by atoms with Crippen molar-refractivity contribution in [1.82, 2.24) is 15.6 Å². The Morgan fingerprint density at radius 2 is 2.44 bits per heavy atom. The molecule has 2 N–H and O–H groups in total. The van der Waals surface area contributed by atoms with Gasteiger partial charge in [0, 0.05) is 17.8 Å². The van der Waals surface area contributed by atoms with E-state index in [-0.39, 0.29) is 23.9 Å². The molecule has 0 radical (unpaired) electrons. The number of carbonyl (C=O) groups is 2. The Morgan fingerprint density at radius 3 is 3.06 bits per heavy atom. The minimum Gasteiger partial charge on any atom is -0.298 e. The van der Waals surface area contributed by atoms with Crippen molar-refractivity contribution < 1.29 is 9.59 Å². The average Bonchev–Trinajstić information content (AvgIpc) is 2.75. The van der Waals surface area contributed by atoms with Gasteiger partial charge in [0.05, 0.1) is 17.2 Å². The number of thiazole rings is 1. The molecule has 1 fully saturated rings. The standard InChI is InChI=1S/C10H13N3O2S/c1-6(8-4-16-5-11-8)12-7-2-3-9(14)13-10(7)15/h4-7,12H,2-3H2,1H3,(H,13,14,15). The largest absolute Gasteiger partial charge is 0.298 e. The lowest BCUT2D eigenvalue weighted by atomic mass is 10.0. The maximum absolute atomic E-state index is 11.5. The summed E-state index contributed by atoms with van der Waals surface area (Å²) in [6, 6.07) is -0.274. The summed E-state index contributed by atoms with van der Waals surface area (Å²) in [6.45, 7) is 1.96. The Morgan fingerprint density at radius 1 is 1.62 bits per heavy atom. The molecular formula is C10H13N3O2S. The molecule has 1 aromatic rings. The molecule has 1 aliphatic heterocycles. The molecule has 1 aromatic heterocycles. The van der Waals surface area contributed by atoms with Crippen molar-refractivity contribution in [2.45, 2.75) is 31.8 Å². The van der Waals surface area contributed by atoms with E-state index in [0.29, 0.717) is 12.8 Å². The highest BCUT2D eigenvalue weighted by Crippen LogP contribution is 2.15. The molecule has 2 heterocycles. The maximum Gasteiger partial charge on any atom is 0.243 e. The summed E-state index contributed by atoms with van der Waals surface area (Å²) >= 11 is 1.53. The Bertz CT molecular complexity index is 391. The van der Waals surface area contributed by atoms with Crippen LogP contribution in [0.15, 0.2) is 10.9 Å². The summed E-state index contributed by atoms with van der Waals surface area (Å²) in [5, 5.41) is 7.44. The molecule has 86 valence electrons. The number of imide groups is 1. The van der Waals surface area contributed by atoms with E-state index in [9.17, 15) is 9.59 Å². The van der Waals surface area contributed by atoms with Gasteiger partial charge in [-0.1, -0.05) is 0 Å². The molecule has 0 aromatic carbocycles. The van der Waals surface area contributed by atoms with Gasteiger partial charge in [-0.2, -0.15) is 0 Å². The van der Waals surface area contributed by atoms with Crippen molar-refractivity contribution in [3.05, 3.63) is 16.6 Å². The van der Waals surface area contributed by atoms with Crippen molar-refractivity contribution >= 4 is 23.2 Å². The lowest BCUT2D eigenvalue weighted by Crippen LogP contribution is -2.51. The van der Waals surface area contributed by atoms with Gasteiger partial charge < -0.3 is 0 Å². The monoisotopic (exact) mass is 239 g/mol. The molecule has 2 rings (SSSR count). The van der Waals surface area contributed by atoms with E-state index in [1.807, 2.05) is 12.3 Å². The van der Waals surface area contributed by atoms with E-state index in [4.69, 9.17) is 0 Å². The van der Waals surface area contributed by atoms with Gasteiger partial charge in [0.25, 0.3) is 0 Å². The van der Waals surface area contributed by atoms with Crippen molar-refractivity contribution in [1.29, 1.82) is 0 Å². The Hall–Kier alpha value is -1.27. The second-order valence-corrected chi connectivity index (χ2v) is 4.52. The predicted octanol–water partition coefficient (Wildman–Crippen LogP) is 0.599. The van der Waals surface area contributed by atoms with E-state index >= 15 is 0 Å². The van der Waals surface area contributed by atoms with Crippen LogP contribution in [0.4, 0.5) is 0 Å². The van der Waals surface area contributed by atoms with Crippen molar-refractivity contribution in [2.75, 3.05) is 0 Å². The number of rotatable bonds is 3. The fraction of sp³-hybridized carbons (Fsp3) is 0.500. The van der Waals surface area contributed by atoms with Crippen molar-refractivity contribution in [3.8, 4) is 0 Å². The first-order valence-electron chi connectivity index (χ1n) is 5.14. The molecule has 1 saturated heterocycles. The molecule has 5 nitrogen and oxygen atoms in total. The van der Waals surface area contributed by atoms with Gasteiger partial charge >= 0.3 is 0 Å². The van der Waals surface area contributed by atoms with Crippen LogP contribution in [0.5, 0.6) is 0 Å². The molecule has 1 aliphatic rings. The van der Waals surface area contributed by atoms with Crippen LogP contribution in [0.25, 0.3) is 0 Å². The normalized spacial score (nSPS) is 22.9. The van der Waals surface area contributed by atoms with Gasteiger partial charge in [0.2, 0.25) is 11.8 Å². The summed E-state index contributed by atoms with van der Waals surface area (Å²) in [4.78, 5) is 26.6. The molecule has 0 aliphatic carbocycles. The Kier molecular flexibility index (Phi) is 3.31. The van der Waals surface area contributed by atoms with E-state index in [2.05, 4.69) is 15.6 Å². The zero-order valence-corrected chi connectivity index (χ0v) is 9.71. The molecular weight excluding hydrogens is 226 g/mol. The first kappa shape index (κ1) is 11.2. The summed E-state index contributed by atoms with van der Waals surface area (Å²) in [5.74, 6) is -0.428. The summed E-state index contributed by atoms with van der Waals surface area (Å²) in [7, 11) is 0. The first-order chi connectivity index (χ1) is 7.66. The lowest BCUT2D eigenvalue weighted by Gasteiger charge is -2.24. The highest BCUT2D eigenvalue weighted by atomic mass is 32.1. The van der Waals surface area contributed by atoms with Crippen LogP contribution in [0.1, 0.15) is 31.5 Å². The number of hydrogen-bond donors (Lipinski definition) is 2. The zero-order chi connectivity index (χ0) is 11.5. The molecule has 2 amide bonds. The number of nitrogens with zero attached hydrogens (tertiary/aromatic N) is 1. The van der Waals surface area contributed by atoms with Crippen LogP contribution < -0.4 is 10.6 Å². The third-order valence-electron chi connectivity index (χ3n) is 2.59. The first-order valence-corrected chi connectivity index (χ1v) is 6.09. The van der Waals surface area contributed by atoms with Gasteiger partial charge in [0.1, 0.15) is 0 Å². The highest BCUT2D eigenvalue weighted by molar-refractivity contribution is 7.07. The minimum absolute atomic E-state index is 0.0233. The average molecular weight is 239 g/mol. The summed E-state index contributed by atoms with van der Waals surface area (Å²) in [5.41, 5.74) is 2.69. The topological polar surface area (TPSA) is 71.1 Å². The van der Waals surface area contributed by atoms with Gasteiger partial charge in [-0.3, -0.25) is 20.2 Å². The van der Waals surface area contributed by atoms with E-state index in [1.165, 1.54) is 11.3 Å². The number of piperidine rings is 1. The second kappa shape index (κ2) is 4.71. The van der Waals surface area contributed by atoms with Crippen LogP contribution in [0.2, 0.25) is 0 Å². The smallest absolute Gasteiger partial charge is 0.243 e. The number of carbonyl (C=O) groups excluding carboxylic acids is 2. The quantitative estimate of drug-likeness (QED) is 0.758. The van der Waals surface area contributed by atoms with Crippen LogP contribution in [0.3, 0.4) is 0 Å². The number of amides is 2. The second-order valence-electron chi connectivity index (χ2n) is 3.81. The van der Waals surface area contributed by atoms with Crippen LogP contribution >= 0.6 is 11.3 Å². The van der Waals surface area contributed by atoms with Gasteiger partial charge in [-0.05, 0) is 13.3 Å². The Labute approximate surface area is 97.3 Å². The molecule has 6 heteroatoms. The molecule has 0 bridgehead atoms. The molecule has 0 saturated carbocycles. The van der Waals surface area contributed by atoms with E-state index < -0.39 is 0 Å². The van der Waals surface area contributed by atoms with E-state index in [1.54, 1.807) is 5.51 Å². The minimum atomic E-state index is -0.297. The lowest BCUT2D eigenvalue weighted by molar-refractivity contribution is -0.134. The van der Waals surface area contributed by atoms with Gasteiger partial charge in [-0.25, -0.2) is 4.98 Å². The number of aromatic nitrogens is 1. The molecule has 2 unspecified atom stereocenters. The molecule has 16 heavy (non-hydrogen) atoms. The maximum atomic E-state index is 11.5. The third-order valence-corrected chi connectivity index (χ3v) is 3.19. The van der Waals surface area contributed by atoms with Gasteiger partial charge in [0.15, 0.2) is 0 Å². The van der Waals surface area contributed by atoms with Crippen LogP contribution in [-0.4, -0.2) is 22.8 Å². The number of nitrogens with one attached hydrogen (secondary N) is 2. The van der Waals surface area contributed by atoms with Crippen LogP contribution in [-0.2, 0) is 9.59 Å². The molecule has 0 spiro atoms. The predicted molar refractivity (Wildman–Crippen MR) is 59.8 cm³/mol. The highest BCUT2D eigenvalue weighted by Gasteiger charge is 2.27. The number of hydrogen-bond acceptors (Lipinski definition) is 5. The fourth-order valence-electron chi connectivity index (χ4n) is 1.68. The van der Waals surface area contributed by atoms with Gasteiger partial charge in [-0.15, -0.1) is 11.3 Å². The fourth-order valence-corrected chi connectivity index (χ4v) is 2.32. The van der Waals surface area contributed by atoms with E-state index in [0.717, 1.165) is 5.69 Å². The van der Waals surface area contributed by atoms with Crippen LogP contribution in [0, 0.1) is 0 Å². The molecule has 2 atom stereocenters. The summed E-state index contributed by atoms with van der Waals surface area (Å²) in [6.07, 6.45) is 0.951. The zero-order valence-electron chi connectivity index (χ0n) is 8.90. The Balaban J connectivity index is 1.95.